The number of carbonyl (C=O) groups excluding carboxylic acids is 1. The molecule has 0 fully saturated rings. The highest BCUT2D eigenvalue weighted by Crippen LogP contribution is 2.34. The molecule has 3 heterocycles. The van der Waals surface area contributed by atoms with E-state index in [0.29, 0.717) is 29.3 Å². The van der Waals surface area contributed by atoms with E-state index < -0.39 is 11.7 Å². The van der Waals surface area contributed by atoms with Crippen LogP contribution in [0.3, 0.4) is 0 Å². The van der Waals surface area contributed by atoms with E-state index in [1.807, 2.05) is 19.1 Å². The van der Waals surface area contributed by atoms with Crippen molar-refractivity contribution in [2.24, 2.45) is 0 Å². The number of rotatable bonds is 8. The van der Waals surface area contributed by atoms with Gasteiger partial charge in [-0.25, -0.2) is 19.0 Å². The lowest BCUT2D eigenvalue weighted by atomic mass is 10.1. The number of nitrogens with zero attached hydrogens (tertiary/aromatic N) is 5. The number of nitrogens with two attached hydrogens (primary N) is 1. The van der Waals surface area contributed by atoms with Crippen molar-refractivity contribution in [3.05, 3.63) is 78.3 Å². The van der Waals surface area contributed by atoms with Gasteiger partial charge in [0.25, 0.3) is 5.91 Å². The van der Waals surface area contributed by atoms with Gasteiger partial charge in [0.1, 0.15) is 28.8 Å². The molecule has 0 unspecified atom stereocenters. The fourth-order valence-corrected chi connectivity index (χ4v) is 3.89. The van der Waals surface area contributed by atoms with Gasteiger partial charge in [-0.1, -0.05) is 0 Å². The molecular formula is C27H24FN7O4. The van der Waals surface area contributed by atoms with Crippen LogP contribution >= 0.6 is 0 Å². The molecule has 3 aromatic heterocycles. The first-order valence-corrected chi connectivity index (χ1v) is 11.9. The minimum absolute atomic E-state index is 0.0394. The highest BCUT2D eigenvalue weighted by atomic mass is 19.1. The summed E-state index contributed by atoms with van der Waals surface area (Å²) in [5, 5.41) is 7.56. The molecule has 0 saturated heterocycles. The van der Waals surface area contributed by atoms with Crippen LogP contribution in [0.1, 0.15) is 23.0 Å². The van der Waals surface area contributed by atoms with Crippen LogP contribution in [-0.2, 0) is 0 Å². The number of fused-ring (bicyclic) bond motifs is 1. The van der Waals surface area contributed by atoms with E-state index in [2.05, 4.69) is 25.4 Å². The molecule has 5 aromatic rings. The van der Waals surface area contributed by atoms with Gasteiger partial charge in [-0.2, -0.15) is 5.10 Å². The normalized spacial score (nSPS) is 10.9. The Bertz CT molecular complexity index is 1670. The number of aryl methyl sites for hydroxylation is 1. The quantitative estimate of drug-likeness (QED) is 0.293. The second-order valence-electron chi connectivity index (χ2n) is 8.36. The van der Waals surface area contributed by atoms with Gasteiger partial charge in [0.15, 0.2) is 11.4 Å². The molecule has 198 valence electrons. The van der Waals surface area contributed by atoms with Crippen molar-refractivity contribution >= 4 is 28.4 Å². The number of amides is 1. The summed E-state index contributed by atoms with van der Waals surface area (Å²) in [5.41, 5.74) is 7.49. The van der Waals surface area contributed by atoms with Crippen LogP contribution in [0.5, 0.6) is 23.0 Å². The number of hydrogen-bond acceptors (Lipinski definition) is 9. The van der Waals surface area contributed by atoms with Gasteiger partial charge in [-0.15, -0.1) is 0 Å². The average molecular weight is 530 g/mol. The summed E-state index contributed by atoms with van der Waals surface area (Å²) in [6, 6.07) is 9.55. The van der Waals surface area contributed by atoms with Crippen LogP contribution in [0.4, 0.5) is 16.0 Å². The molecule has 0 atom stereocenters. The molecule has 0 aliphatic heterocycles. The SMILES string of the molecule is CCOc1cn(-c2cnc(N)nc2)nc1C(=O)Nc1ccc(Oc2ccnc3cc(OC)c(C)cc23)cc1F. The number of carbonyl (C=O) groups is 1. The maximum Gasteiger partial charge on any atom is 0.280 e. The lowest BCUT2D eigenvalue weighted by Gasteiger charge is -2.12. The van der Waals surface area contributed by atoms with Crippen molar-refractivity contribution in [1.29, 1.82) is 0 Å². The molecule has 3 N–H and O–H groups in total. The van der Waals surface area contributed by atoms with E-state index in [9.17, 15) is 4.79 Å². The average Bonchev–Trinajstić information content (AvgIpc) is 3.35. The lowest BCUT2D eigenvalue weighted by Crippen LogP contribution is -2.15. The summed E-state index contributed by atoms with van der Waals surface area (Å²) in [6.07, 6.45) is 6.02. The summed E-state index contributed by atoms with van der Waals surface area (Å²) < 4.78 is 33.3. The Labute approximate surface area is 222 Å². The first kappa shape index (κ1) is 25.4. The fraction of sp³-hybridized carbons (Fsp3) is 0.148. The highest BCUT2D eigenvalue weighted by molar-refractivity contribution is 6.04. The smallest absolute Gasteiger partial charge is 0.280 e. The number of nitrogen functional groups attached to an aromatic ring is 1. The van der Waals surface area contributed by atoms with Crippen molar-refractivity contribution in [1.82, 2.24) is 24.7 Å². The Morgan fingerprint density at radius 1 is 1.08 bits per heavy atom. The second kappa shape index (κ2) is 10.6. The third-order valence-corrected chi connectivity index (χ3v) is 5.75. The molecule has 1 amide bonds. The highest BCUT2D eigenvalue weighted by Gasteiger charge is 2.21. The number of benzene rings is 2. The van der Waals surface area contributed by atoms with E-state index in [1.54, 1.807) is 32.4 Å². The topological polar surface area (TPSA) is 139 Å². The maximum absolute atomic E-state index is 15.1. The lowest BCUT2D eigenvalue weighted by molar-refractivity contribution is 0.101. The van der Waals surface area contributed by atoms with Crippen LogP contribution in [0.15, 0.2) is 61.2 Å². The summed E-state index contributed by atoms with van der Waals surface area (Å²) in [7, 11) is 1.59. The number of hydrogen-bond donors (Lipinski definition) is 2. The van der Waals surface area contributed by atoms with Crippen molar-refractivity contribution in [2.75, 3.05) is 24.8 Å². The summed E-state index contributed by atoms with van der Waals surface area (Å²) in [6.45, 7) is 3.98. The minimum atomic E-state index is -0.693. The molecule has 12 heteroatoms. The molecule has 0 radical (unpaired) electrons. The predicted octanol–water partition coefficient (Wildman–Crippen LogP) is 4.69. The number of aromatic nitrogens is 5. The van der Waals surface area contributed by atoms with Gasteiger partial charge in [-0.3, -0.25) is 9.78 Å². The Morgan fingerprint density at radius 2 is 1.87 bits per heavy atom. The van der Waals surface area contributed by atoms with Crippen molar-refractivity contribution in [3.8, 4) is 28.7 Å². The van der Waals surface area contributed by atoms with Crippen LogP contribution in [0.25, 0.3) is 16.6 Å². The molecule has 0 aliphatic rings. The van der Waals surface area contributed by atoms with E-state index in [4.69, 9.17) is 19.9 Å². The summed E-state index contributed by atoms with van der Waals surface area (Å²) >= 11 is 0. The van der Waals surface area contributed by atoms with Gasteiger partial charge in [-0.05, 0) is 43.7 Å². The Morgan fingerprint density at radius 3 is 2.59 bits per heavy atom. The van der Waals surface area contributed by atoms with E-state index in [0.717, 1.165) is 10.9 Å². The number of pyridine rings is 1. The van der Waals surface area contributed by atoms with E-state index in [1.165, 1.54) is 35.4 Å². The van der Waals surface area contributed by atoms with Gasteiger partial charge in [0, 0.05) is 23.7 Å². The molecule has 39 heavy (non-hydrogen) atoms. The minimum Gasteiger partial charge on any atom is -0.496 e. The van der Waals surface area contributed by atoms with Gasteiger partial charge in [0.2, 0.25) is 5.95 Å². The van der Waals surface area contributed by atoms with Crippen LogP contribution in [-0.4, -0.2) is 44.4 Å². The zero-order valence-electron chi connectivity index (χ0n) is 21.3. The molecule has 11 nitrogen and oxygen atoms in total. The standard InChI is InChI=1S/C27H24FN7O4/c1-4-38-24-14-35(16-12-31-27(29)32-13-16)34-25(24)26(36)33-20-6-5-17(10-19(20)28)39-22-7-8-30-21-11-23(37-3)15(2)9-18(21)22/h5-14H,4H2,1-3H3,(H,33,36)(H2,29,31,32). The first-order chi connectivity index (χ1) is 18.9. The maximum atomic E-state index is 15.1. The van der Waals surface area contributed by atoms with Gasteiger partial charge < -0.3 is 25.3 Å². The van der Waals surface area contributed by atoms with E-state index in [-0.39, 0.29) is 28.8 Å². The first-order valence-electron chi connectivity index (χ1n) is 11.9. The van der Waals surface area contributed by atoms with E-state index >= 15 is 4.39 Å². The molecule has 0 spiro atoms. The zero-order chi connectivity index (χ0) is 27.5. The van der Waals surface area contributed by atoms with Crippen LogP contribution in [0, 0.1) is 12.7 Å². The number of halogens is 1. The molecule has 0 saturated carbocycles. The summed E-state index contributed by atoms with van der Waals surface area (Å²) in [4.78, 5) is 25.2. The van der Waals surface area contributed by atoms with Crippen LogP contribution in [0.2, 0.25) is 0 Å². The Kier molecular flexibility index (Phi) is 6.91. The third kappa shape index (κ3) is 5.25. The molecule has 5 rings (SSSR count). The molecular weight excluding hydrogens is 505 g/mol. The third-order valence-electron chi connectivity index (χ3n) is 5.75. The Hall–Kier alpha value is -5.26. The number of ether oxygens (including phenoxy) is 3. The van der Waals surface area contributed by atoms with Crippen LogP contribution < -0.4 is 25.3 Å². The number of methoxy groups -OCH3 is 1. The zero-order valence-corrected chi connectivity index (χ0v) is 21.3. The molecule has 2 aromatic carbocycles. The molecule has 0 aliphatic carbocycles. The van der Waals surface area contributed by atoms with Crippen molar-refractivity contribution < 1.29 is 23.4 Å². The van der Waals surface area contributed by atoms with Gasteiger partial charge in [0.05, 0.1) is 43.5 Å². The number of nitrogens with one attached hydrogen (secondary N) is 1. The fourth-order valence-electron chi connectivity index (χ4n) is 3.89. The largest absolute Gasteiger partial charge is 0.496 e. The number of anilines is 2. The predicted molar refractivity (Wildman–Crippen MR) is 142 cm³/mol. The van der Waals surface area contributed by atoms with Crippen molar-refractivity contribution in [3.63, 3.8) is 0 Å². The van der Waals surface area contributed by atoms with Crippen molar-refractivity contribution in [2.45, 2.75) is 13.8 Å². The summed E-state index contributed by atoms with van der Waals surface area (Å²) in [5.74, 6) is 0.409. The Balaban J connectivity index is 1.37. The second-order valence-corrected chi connectivity index (χ2v) is 8.36. The monoisotopic (exact) mass is 529 g/mol. The van der Waals surface area contributed by atoms with Gasteiger partial charge >= 0.3 is 0 Å². The molecule has 0 bridgehead atoms.